The molecule has 0 fully saturated rings. The summed E-state index contributed by atoms with van der Waals surface area (Å²) >= 11 is 0. The molecule has 2 aliphatic rings. The molecule has 2 unspecified atom stereocenters. The van der Waals surface area contributed by atoms with E-state index in [1.54, 1.807) is 6.26 Å². The number of benzene rings is 2. The van der Waals surface area contributed by atoms with Gasteiger partial charge in [0.05, 0.1) is 6.08 Å². The lowest BCUT2D eigenvalue weighted by Gasteiger charge is -2.38. The summed E-state index contributed by atoms with van der Waals surface area (Å²) in [6.07, 6.45) is 4.16. The Hall–Kier alpha value is -3.21. The monoisotopic (exact) mass is 378 g/mol. The van der Waals surface area contributed by atoms with Crippen LogP contribution in [-0.2, 0) is 31.0 Å². The van der Waals surface area contributed by atoms with Crippen molar-refractivity contribution in [2.45, 2.75) is 24.9 Å². The minimum absolute atomic E-state index is 0.0242. The third kappa shape index (κ3) is 3.88. The second-order valence-corrected chi connectivity index (χ2v) is 7.13. The quantitative estimate of drug-likeness (QED) is 0.757. The summed E-state index contributed by atoms with van der Waals surface area (Å²) in [5.41, 5.74) is 1.03. The molecule has 2 heterocycles. The molecule has 0 aliphatic carbocycles. The third-order valence-corrected chi connectivity index (χ3v) is 5.14. The predicted molar refractivity (Wildman–Crippen MR) is 103 cm³/mol. The van der Waals surface area contributed by atoms with Crippen molar-refractivity contribution in [3.05, 3.63) is 95.6 Å². The first kappa shape index (κ1) is 18.2. The van der Waals surface area contributed by atoms with E-state index in [0.29, 0.717) is 12.8 Å². The van der Waals surface area contributed by atoms with Crippen LogP contribution in [0.25, 0.3) is 0 Å². The number of esters is 1. The van der Waals surface area contributed by atoms with Crippen LogP contribution >= 0.6 is 0 Å². The molecular formula is C23H22O5. The van der Waals surface area contributed by atoms with Gasteiger partial charge in [-0.3, -0.25) is 0 Å². The van der Waals surface area contributed by atoms with Gasteiger partial charge in [0.2, 0.25) is 6.79 Å². The van der Waals surface area contributed by atoms with Gasteiger partial charge in [-0.05, 0) is 17.5 Å². The molecule has 144 valence electrons. The molecule has 0 amide bonds. The number of hydrogen-bond acceptors (Lipinski definition) is 5. The van der Waals surface area contributed by atoms with E-state index in [0.717, 1.165) is 23.0 Å². The van der Waals surface area contributed by atoms with Gasteiger partial charge in [-0.1, -0.05) is 60.7 Å². The zero-order valence-corrected chi connectivity index (χ0v) is 15.4. The summed E-state index contributed by atoms with van der Waals surface area (Å²) in [7, 11) is 0. The van der Waals surface area contributed by atoms with Crippen LogP contribution in [0.15, 0.2) is 84.5 Å². The number of hydrogen-bond donors (Lipinski definition) is 1. The van der Waals surface area contributed by atoms with Crippen molar-refractivity contribution in [3.63, 3.8) is 0 Å². The SMILES string of the molecule is O=C1C=C(O)CC(CC(Cc2ccccc2)C2=COCO2)(c2ccccc2)O1. The Bertz CT molecular complexity index is 888. The van der Waals surface area contributed by atoms with Gasteiger partial charge in [-0.15, -0.1) is 0 Å². The van der Waals surface area contributed by atoms with E-state index in [1.807, 2.05) is 48.5 Å². The molecule has 1 N–H and O–H groups in total. The van der Waals surface area contributed by atoms with Gasteiger partial charge in [0.1, 0.15) is 23.4 Å². The van der Waals surface area contributed by atoms with Crippen molar-refractivity contribution >= 4 is 5.97 Å². The smallest absolute Gasteiger partial charge is 0.335 e. The van der Waals surface area contributed by atoms with Crippen molar-refractivity contribution in [1.29, 1.82) is 0 Å². The minimum Gasteiger partial charge on any atom is -0.512 e. The Morgan fingerprint density at radius 2 is 1.75 bits per heavy atom. The van der Waals surface area contributed by atoms with Gasteiger partial charge in [0.15, 0.2) is 0 Å². The molecular weight excluding hydrogens is 356 g/mol. The number of carbonyl (C=O) groups is 1. The fraction of sp³-hybridized carbons (Fsp3) is 0.261. The first-order valence-corrected chi connectivity index (χ1v) is 9.31. The summed E-state index contributed by atoms with van der Waals surface area (Å²) in [5.74, 6) is 0.132. The maximum Gasteiger partial charge on any atom is 0.335 e. The molecule has 28 heavy (non-hydrogen) atoms. The molecule has 0 bridgehead atoms. The zero-order valence-electron chi connectivity index (χ0n) is 15.4. The van der Waals surface area contributed by atoms with Crippen LogP contribution in [0, 0.1) is 5.92 Å². The van der Waals surface area contributed by atoms with E-state index in [1.165, 1.54) is 0 Å². The standard InChI is InChI=1S/C23H22O5/c24-20-12-22(25)28-23(14-20,19-9-5-2-6-10-19)13-18(21-15-26-16-27-21)11-17-7-3-1-4-8-17/h1-10,12,15,18,24H,11,13-14,16H2. The lowest BCUT2D eigenvalue weighted by molar-refractivity contribution is -0.161. The molecule has 2 atom stereocenters. The highest BCUT2D eigenvalue weighted by molar-refractivity contribution is 5.84. The second kappa shape index (κ2) is 7.80. The fourth-order valence-electron chi connectivity index (χ4n) is 3.91. The van der Waals surface area contributed by atoms with E-state index in [-0.39, 0.29) is 24.9 Å². The maximum atomic E-state index is 12.2. The van der Waals surface area contributed by atoms with Crippen LogP contribution in [0.5, 0.6) is 0 Å². The summed E-state index contributed by atoms with van der Waals surface area (Å²) in [4.78, 5) is 12.2. The Labute approximate surface area is 163 Å². The fourth-order valence-corrected chi connectivity index (χ4v) is 3.91. The van der Waals surface area contributed by atoms with Crippen molar-refractivity contribution in [2.24, 2.45) is 5.92 Å². The van der Waals surface area contributed by atoms with Crippen LogP contribution in [0.2, 0.25) is 0 Å². The summed E-state index contributed by atoms with van der Waals surface area (Å²) < 4.78 is 16.8. The van der Waals surface area contributed by atoms with Crippen LogP contribution in [0.4, 0.5) is 0 Å². The Balaban J connectivity index is 1.70. The highest BCUT2D eigenvalue weighted by Crippen LogP contribution is 2.43. The molecule has 0 saturated carbocycles. The highest BCUT2D eigenvalue weighted by atomic mass is 16.7. The largest absolute Gasteiger partial charge is 0.512 e. The molecule has 0 saturated heterocycles. The van der Waals surface area contributed by atoms with Crippen LogP contribution in [0.3, 0.4) is 0 Å². The van der Waals surface area contributed by atoms with Crippen LogP contribution < -0.4 is 0 Å². The Kier molecular flexibility index (Phi) is 5.06. The van der Waals surface area contributed by atoms with E-state index >= 15 is 0 Å². The van der Waals surface area contributed by atoms with Crippen molar-refractivity contribution in [1.82, 2.24) is 0 Å². The molecule has 2 aromatic carbocycles. The summed E-state index contributed by atoms with van der Waals surface area (Å²) in [5, 5.41) is 10.2. The van der Waals surface area contributed by atoms with Crippen LogP contribution in [0.1, 0.15) is 24.0 Å². The lowest BCUT2D eigenvalue weighted by Crippen LogP contribution is -2.38. The average Bonchev–Trinajstić information content (AvgIpc) is 3.23. The van der Waals surface area contributed by atoms with Crippen molar-refractivity contribution in [3.8, 4) is 0 Å². The van der Waals surface area contributed by atoms with E-state index < -0.39 is 11.6 Å². The summed E-state index contributed by atoms with van der Waals surface area (Å²) in [6, 6.07) is 19.6. The number of allylic oxidation sites excluding steroid dienone is 1. The molecule has 0 spiro atoms. The van der Waals surface area contributed by atoms with Crippen molar-refractivity contribution in [2.75, 3.05) is 6.79 Å². The summed E-state index contributed by atoms with van der Waals surface area (Å²) in [6.45, 7) is 0.184. The number of cyclic esters (lactones) is 1. The van der Waals surface area contributed by atoms with Gasteiger partial charge in [-0.25, -0.2) is 4.79 Å². The maximum absolute atomic E-state index is 12.2. The number of rotatable bonds is 6. The topological polar surface area (TPSA) is 65.0 Å². The van der Waals surface area contributed by atoms with E-state index in [2.05, 4.69) is 12.1 Å². The van der Waals surface area contributed by atoms with Gasteiger partial charge in [-0.2, -0.15) is 0 Å². The highest BCUT2D eigenvalue weighted by Gasteiger charge is 2.43. The molecule has 2 aromatic rings. The molecule has 2 aliphatic heterocycles. The molecule has 0 aromatic heterocycles. The van der Waals surface area contributed by atoms with E-state index in [9.17, 15) is 9.90 Å². The normalized spacial score (nSPS) is 22.4. The predicted octanol–water partition coefficient (Wildman–Crippen LogP) is 4.37. The zero-order chi connectivity index (χ0) is 19.4. The molecule has 4 rings (SSSR count). The third-order valence-electron chi connectivity index (χ3n) is 5.14. The Morgan fingerprint density at radius 1 is 1.04 bits per heavy atom. The van der Waals surface area contributed by atoms with Crippen molar-refractivity contribution < 1.29 is 24.1 Å². The van der Waals surface area contributed by atoms with E-state index in [4.69, 9.17) is 14.2 Å². The first-order chi connectivity index (χ1) is 13.6. The molecule has 5 heteroatoms. The second-order valence-electron chi connectivity index (χ2n) is 7.13. The molecule has 5 nitrogen and oxygen atoms in total. The molecule has 0 radical (unpaired) electrons. The van der Waals surface area contributed by atoms with Gasteiger partial charge in [0.25, 0.3) is 0 Å². The number of aliphatic hydroxyl groups excluding tert-OH is 1. The van der Waals surface area contributed by atoms with Gasteiger partial charge < -0.3 is 19.3 Å². The van der Waals surface area contributed by atoms with Crippen LogP contribution in [-0.4, -0.2) is 17.9 Å². The van der Waals surface area contributed by atoms with Gasteiger partial charge >= 0.3 is 5.97 Å². The first-order valence-electron chi connectivity index (χ1n) is 9.31. The minimum atomic E-state index is -0.969. The number of carbonyl (C=O) groups excluding carboxylic acids is 1. The Morgan fingerprint density at radius 3 is 2.39 bits per heavy atom. The number of aliphatic hydroxyl groups is 1. The number of ether oxygens (including phenoxy) is 3. The lowest BCUT2D eigenvalue weighted by atomic mass is 9.78. The average molecular weight is 378 g/mol. The van der Waals surface area contributed by atoms with Gasteiger partial charge in [0, 0.05) is 18.8 Å².